The van der Waals surface area contributed by atoms with Crippen LogP contribution in [0.2, 0.25) is 0 Å². The predicted octanol–water partition coefficient (Wildman–Crippen LogP) is 1.59. The van der Waals surface area contributed by atoms with Gasteiger partial charge in [0.2, 0.25) is 11.4 Å². The van der Waals surface area contributed by atoms with E-state index in [0.29, 0.717) is 19.4 Å². The lowest BCUT2D eigenvalue weighted by molar-refractivity contribution is -0.146. The Kier molecular flexibility index (Phi) is 6.90. The summed E-state index contributed by atoms with van der Waals surface area (Å²) in [7, 11) is 0. The van der Waals surface area contributed by atoms with E-state index in [2.05, 4.69) is 5.32 Å². The van der Waals surface area contributed by atoms with Gasteiger partial charge in [-0.1, -0.05) is 44.2 Å². The van der Waals surface area contributed by atoms with E-state index in [1.807, 2.05) is 0 Å². The maximum atomic E-state index is 12.8. The van der Waals surface area contributed by atoms with Gasteiger partial charge in [-0.2, -0.15) is 0 Å². The zero-order valence-corrected chi connectivity index (χ0v) is 13.5. The molecule has 126 valence electrons. The number of carboxylic acids is 1. The van der Waals surface area contributed by atoms with E-state index in [-0.39, 0.29) is 12.0 Å². The minimum atomic E-state index is -1.96. The fourth-order valence-electron chi connectivity index (χ4n) is 2.22. The van der Waals surface area contributed by atoms with Crippen LogP contribution in [0.25, 0.3) is 0 Å². The zero-order chi connectivity index (χ0) is 17.5. The fraction of sp³-hybridized carbons (Fsp3) is 0.471. The van der Waals surface area contributed by atoms with Gasteiger partial charge in [0.1, 0.15) is 0 Å². The van der Waals surface area contributed by atoms with E-state index in [1.54, 1.807) is 44.2 Å². The normalized spacial score (nSPS) is 13.4. The quantitative estimate of drug-likeness (QED) is 0.364. The van der Waals surface area contributed by atoms with Crippen LogP contribution in [0.3, 0.4) is 0 Å². The monoisotopic (exact) mass is 320 g/mol. The van der Waals surface area contributed by atoms with Crippen molar-refractivity contribution in [1.29, 1.82) is 0 Å². The number of aliphatic carboxylic acids is 1. The largest absolute Gasteiger partial charge is 0.479 e. The van der Waals surface area contributed by atoms with E-state index in [1.165, 1.54) is 0 Å². The highest BCUT2D eigenvalue weighted by molar-refractivity contribution is 6.17. The molecule has 0 radical (unpaired) electrons. The molecule has 1 aromatic carbocycles. The number of amides is 1. The molecule has 0 aromatic heterocycles. The molecule has 0 fully saturated rings. The lowest BCUT2D eigenvalue weighted by Gasteiger charge is -2.30. The van der Waals surface area contributed by atoms with Gasteiger partial charge in [-0.15, -0.1) is 0 Å². The molecule has 0 heterocycles. The molecule has 0 bridgehead atoms. The number of nitrogens with one attached hydrogen (secondary N) is 1. The first kappa shape index (κ1) is 18.8. The first-order valence-electron chi connectivity index (χ1n) is 7.70. The smallest absolute Gasteiger partial charge is 0.337 e. The molecule has 1 rings (SSSR count). The number of benzene rings is 1. The van der Waals surface area contributed by atoms with Gasteiger partial charge < -0.3 is 16.2 Å². The van der Waals surface area contributed by atoms with E-state index < -0.39 is 29.1 Å². The third kappa shape index (κ3) is 4.63. The Labute approximate surface area is 136 Å². The van der Waals surface area contributed by atoms with Crippen molar-refractivity contribution < 1.29 is 19.5 Å². The van der Waals surface area contributed by atoms with Crippen LogP contribution < -0.4 is 11.1 Å². The fourth-order valence-corrected chi connectivity index (χ4v) is 2.22. The Morgan fingerprint density at radius 3 is 2.26 bits per heavy atom. The number of ketones is 1. The molecule has 0 spiro atoms. The Morgan fingerprint density at radius 1 is 1.17 bits per heavy atom. The Balaban J connectivity index is 3.22. The Hall–Kier alpha value is -2.21. The molecule has 0 aliphatic heterocycles. The first-order valence-corrected chi connectivity index (χ1v) is 7.70. The number of hydrogen-bond donors (Lipinski definition) is 3. The van der Waals surface area contributed by atoms with E-state index in [9.17, 15) is 19.5 Å². The van der Waals surface area contributed by atoms with E-state index in [4.69, 9.17) is 5.73 Å². The Bertz CT molecular complexity index is 557. The predicted molar refractivity (Wildman–Crippen MR) is 87.0 cm³/mol. The SMILES string of the molecule is CC(C)C(=O)N[C@@](CCCCN)(C(=O)O)C(=O)c1ccccc1. The number of nitrogens with two attached hydrogens (primary N) is 1. The van der Waals surface area contributed by atoms with Crippen molar-refractivity contribution >= 4 is 17.7 Å². The van der Waals surface area contributed by atoms with E-state index in [0.717, 1.165) is 0 Å². The maximum Gasteiger partial charge on any atom is 0.337 e. The third-order valence-corrected chi connectivity index (χ3v) is 3.66. The molecule has 0 saturated carbocycles. The van der Waals surface area contributed by atoms with Gasteiger partial charge in [0, 0.05) is 11.5 Å². The summed E-state index contributed by atoms with van der Waals surface area (Å²) in [5.74, 6) is -2.86. The van der Waals surface area contributed by atoms with Gasteiger partial charge in [0.05, 0.1) is 0 Å². The van der Waals surface area contributed by atoms with Crippen molar-refractivity contribution in [1.82, 2.24) is 5.32 Å². The average molecular weight is 320 g/mol. The summed E-state index contributed by atoms with van der Waals surface area (Å²) in [5.41, 5.74) is 3.75. The molecular formula is C17H24N2O4. The topological polar surface area (TPSA) is 109 Å². The summed E-state index contributed by atoms with van der Waals surface area (Å²) in [5, 5.41) is 12.2. The van der Waals surface area contributed by atoms with Crippen LogP contribution in [0.5, 0.6) is 0 Å². The second-order valence-corrected chi connectivity index (χ2v) is 5.80. The molecule has 0 unspecified atom stereocenters. The van der Waals surface area contributed by atoms with Gasteiger partial charge in [0.25, 0.3) is 0 Å². The summed E-state index contributed by atoms with van der Waals surface area (Å²) < 4.78 is 0. The van der Waals surface area contributed by atoms with Crippen molar-refractivity contribution in [2.24, 2.45) is 11.7 Å². The molecule has 1 amide bonds. The molecule has 0 saturated heterocycles. The van der Waals surface area contributed by atoms with Crippen molar-refractivity contribution in [3.8, 4) is 0 Å². The van der Waals surface area contributed by atoms with Crippen molar-refractivity contribution in [2.45, 2.75) is 38.6 Å². The number of Topliss-reactive ketones (excluding diaryl/α,β-unsaturated/α-hetero) is 1. The van der Waals surface area contributed by atoms with Gasteiger partial charge >= 0.3 is 5.97 Å². The molecule has 1 atom stereocenters. The van der Waals surface area contributed by atoms with Crippen LogP contribution in [0.4, 0.5) is 0 Å². The third-order valence-electron chi connectivity index (χ3n) is 3.66. The second-order valence-electron chi connectivity index (χ2n) is 5.80. The zero-order valence-electron chi connectivity index (χ0n) is 13.5. The van der Waals surface area contributed by atoms with Crippen molar-refractivity contribution in [3.63, 3.8) is 0 Å². The number of rotatable bonds is 9. The highest BCUT2D eigenvalue weighted by Crippen LogP contribution is 2.22. The van der Waals surface area contributed by atoms with Gasteiger partial charge in [-0.05, 0) is 25.8 Å². The summed E-state index contributed by atoms with van der Waals surface area (Å²) in [6, 6.07) is 8.14. The molecular weight excluding hydrogens is 296 g/mol. The summed E-state index contributed by atoms with van der Waals surface area (Å²) in [4.78, 5) is 36.8. The van der Waals surface area contributed by atoms with Crippen LogP contribution >= 0.6 is 0 Å². The second kappa shape index (κ2) is 8.43. The Morgan fingerprint density at radius 2 is 1.78 bits per heavy atom. The number of unbranched alkanes of at least 4 members (excludes halogenated alkanes) is 1. The minimum Gasteiger partial charge on any atom is -0.479 e. The van der Waals surface area contributed by atoms with Gasteiger partial charge in [-0.3, -0.25) is 9.59 Å². The lowest BCUT2D eigenvalue weighted by atomic mass is 9.83. The minimum absolute atomic E-state index is 0.00568. The van der Waals surface area contributed by atoms with E-state index >= 15 is 0 Å². The number of carbonyl (C=O) groups is 3. The van der Waals surface area contributed by atoms with Crippen LogP contribution in [0.1, 0.15) is 43.5 Å². The highest BCUT2D eigenvalue weighted by Gasteiger charge is 2.47. The number of hydrogen-bond acceptors (Lipinski definition) is 4. The first-order chi connectivity index (χ1) is 10.8. The molecule has 0 aliphatic carbocycles. The van der Waals surface area contributed by atoms with Crippen LogP contribution in [0, 0.1) is 5.92 Å². The van der Waals surface area contributed by atoms with Crippen molar-refractivity contribution in [2.75, 3.05) is 6.54 Å². The summed E-state index contributed by atoms with van der Waals surface area (Å²) in [6.07, 6.45) is 1.01. The lowest BCUT2D eigenvalue weighted by Crippen LogP contribution is -2.61. The molecule has 6 heteroatoms. The highest BCUT2D eigenvalue weighted by atomic mass is 16.4. The molecule has 0 aliphatic rings. The van der Waals surface area contributed by atoms with Gasteiger partial charge in [-0.25, -0.2) is 4.79 Å². The summed E-state index contributed by atoms with van der Waals surface area (Å²) in [6.45, 7) is 3.69. The average Bonchev–Trinajstić information content (AvgIpc) is 2.53. The van der Waals surface area contributed by atoms with Gasteiger partial charge in [0.15, 0.2) is 5.78 Å². The summed E-state index contributed by atoms with van der Waals surface area (Å²) >= 11 is 0. The van der Waals surface area contributed by atoms with Crippen LogP contribution in [-0.4, -0.2) is 34.8 Å². The number of carbonyl (C=O) groups excluding carboxylic acids is 2. The number of carboxylic acid groups (broad SMARTS) is 1. The van der Waals surface area contributed by atoms with Crippen LogP contribution in [0.15, 0.2) is 30.3 Å². The van der Waals surface area contributed by atoms with Crippen LogP contribution in [-0.2, 0) is 9.59 Å². The van der Waals surface area contributed by atoms with Crippen molar-refractivity contribution in [3.05, 3.63) is 35.9 Å². The molecule has 1 aromatic rings. The standard InChI is InChI=1S/C17H24N2O4/c1-12(2)15(21)19-17(16(22)23,10-6-7-11-18)14(20)13-8-4-3-5-9-13/h3-5,8-9,12H,6-7,10-11,18H2,1-2H3,(H,19,21)(H,22,23)/t17-/m1/s1. The molecule has 23 heavy (non-hydrogen) atoms. The molecule has 4 N–H and O–H groups in total. The maximum absolute atomic E-state index is 12.8. The molecule has 6 nitrogen and oxygen atoms in total.